The normalized spacial score (nSPS) is 13.9. The number of hydrogen-bond donors (Lipinski definition) is 3. The fourth-order valence-electron chi connectivity index (χ4n) is 5.20. The van der Waals surface area contributed by atoms with Crippen molar-refractivity contribution < 1.29 is 22.3 Å². The number of hydrogen-bond acceptors (Lipinski definition) is 6. The van der Waals surface area contributed by atoms with E-state index in [9.17, 15) is 17.6 Å². The molecule has 5 rings (SSSR count). The Labute approximate surface area is 270 Å². The molecule has 0 unspecified atom stereocenters. The number of nitrogens with zero attached hydrogens (tertiary/aromatic N) is 1. The summed E-state index contributed by atoms with van der Waals surface area (Å²) in [6.45, 7) is 5.34. The number of carbonyl (C=O) groups excluding carboxylic acids is 1. The van der Waals surface area contributed by atoms with Crippen LogP contribution in [0.15, 0.2) is 91.0 Å². The van der Waals surface area contributed by atoms with E-state index in [1.54, 1.807) is 36.4 Å². The van der Waals surface area contributed by atoms with E-state index in [-0.39, 0.29) is 24.1 Å². The molecule has 0 spiro atoms. The van der Waals surface area contributed by atoms with E-state index in [4.69, 9.17) is 4.74 Å². The summed E-state index contributed by atoms with van der Waals surface area (Å²) in [5.41, 5.74) is 4.80. The van der Waals surface area contributed by atoms with Gasteiger partial charge in [0.25, 0.3) is 5.91 Å². The first kappa shape index (κ1) is 33.9. The lowest BCUT2D eigenvalue weighted by atomic mass is 10.0. The maximum atomic E-state index is 13.3. The van der Waals surface area contributed by atoms with E-state index in [1.807, 2.05) is 37.3 Å². The van der Waals surface area contributed by atoms with Gasteiger partial charge < -0.3 is 15.4 Å². The number of benzene rings is 4. The van der Waals surface area contributed by atoms with Gasteiger partial charge in [-0.2, -0.15) is 0 Å². The molecule has 1 heterocycles. The lowest BCUT2D eigenvalue weighted by molar-refractivity contribution is 0.102. The van der Waals surface area contributed by atoms with Crippen LogP contribution in [-0.4, -0.2) is 44.6 Å². The molecule has 1 aliphatic rings. The van der Waals surface area contributed by atoms with Crippen molar-refractivity contribution in [3.8, 4) is 11.5 Å². The van der Waals surface area contributed by atoms with Crippen LogP contribution in [0.2, 0.25) is 0 Å². The Morgan fingerprint density at radius 3 is 2.11 bits per heavy atom. The predicted octanol–water partition coefficient (Wildman–Crippen LogP) is 6.73. The van der Waals surface area contributed by atoms with E-state index in [2.05, 4.69) is 32.4 Å². The molecule has 0 bridgehead atoms. The number of nitrogens with one attached hydrogen (secondary N) is 3. The summed E-state index contributed by atoms with van der Waals surface area (Å²) in [5.74, 6) is 0.785. The second-order valence-corrected chi connectivity index (χ2v) is 12.9. The monoisotopic (exact) mass is 652 g/mol. The molecule has 0 saturated carbocycles. The topological polar surface area (TPSA) is 99.8 Å². The molecule has 8 nitrogen and oxygen atoms in total. The molecule has 0 aliphatic carbocycles. The zero-order chi connectivity index (χ0) is 31.1. The van der Waals surface area contributed by atoms with Crippen molar-refractivity contribution in [1.29, 1.82) is 0 Å². The number of aryl methyl sites for hydroxylation is 1. The molecule has 45 heavy (non-hydrogen) atoms. The first-order valence-electron chi connectivity index (χ1n) is 14.6. The number of sulfonamides is 1. The zero-order valence-electron chi connectivity index (χ0n) is 25.3. The second kappa shape index (κ2) is 15.4. The summed E-state index contributed by atoms with van der Waals surface area (Å²) in [4.78, 5) is 15.5. The zero-order valence-corrected chi connectivity index (χ0v) is 26.9. The Balaban J connectivity index is 0.00000461. The predicted molar refractivity (Wildman–Crippen MR) is 179 cm³/mol. The van der Waals surface area contributed by atoms with Crippen LogP contribution in [-0.2, 0) is 23.1 Å². The molecule has 3 N–H and O–H groups in total. The van der Waals surface area contributed by atoms with Crippen molar-refractivity contribution >= 4 is 39.7 Å². The summed E-state index contributed by atoms with van der Waals surface area (Å²) in [5, 5.41) is 6.52. The van der Waals surface area contributed by atoms with E-state index in [1.165, 1.54) is 17.7 Å². The number of ether oxygens (including phenoxy) is 1. The molecular weight excluding hydrogens is 615 g/mol. The highest BCUT2D eigenvalue weighted by Gasteiger charge is 2.20. The van der Waals surface area contributed by atoms with Crippen LogP contribution in [0.25, 0.3) is 0 Å². The minimum Gasteiger partial charge on any atom is -0.457 e. The number of anilines is 2. The van der Waals surface area contributed by atoms with E-state index in [0.717, 1.165) is 49.9 Å². The average Bonchev–Trinajstić information content (AvgIpc) is 2.99. The fourth-order valence-corrected chi connectivity index (χ4v) is 5.76. The fraction of sp³-hybridized carbons (Fsp3) is 0.265. The van der Waals surface area contributed by atoms with Gasteiger partial charge in [0, 0.05) is 36.1 Å². The van der Waals surface area contributed by atoms with Crippen molar-refractivity contribution in [2.45, 2.75) is 38.9 Å². The minimum atomic E-state index is -3.32. The van der Waals surface area contributed by atoms with Crippen LogP contribution in [0.5, 0.6) is 11.5 Å². The van der Waals surface area contributed by atoms with Crippen LogP contribution in [0, 0.1) is 12.7 Å². The van der Waals surface area contributed by atoms with Gasteiger partial charge in [-0.1, -0.05) is 29.8 Å². The molecule has 1 amide bonds. The van der Waals surface area contributed by atoms with Gasteiger partial charge in [-0.05, 0) is 111 Å². The molecule has 0 aromatic heterocycles. The van der Waals surface area contributed by atoms with Gasteiger partial charge in [-0.3, -0.25) is 14.4 Å². The largest absolute Gasteiger partial charge is 0.457 e. The Morgan fingerprint density at radius 2 is 1.49 bits per heavy atom. The number of carbonyl (C=O) groups is 1. The van der Waals surface area contributed by atoms with Crippen LogP contribution in [0.3, 0.4) is 0 Å². The molecule has 1 saturated heterocycles. The third kappa shape index (κ3) is 10.3. The van der Waals surface area contributed by atoms with Gasteiger partial charge in [-0.15, -0.1) is 12.4 Å². The highest BCUT2D eigenvalue weighted by atomic mass is 35.5. The van der Waals surface area contributed by atoms with Crippen molar-refractivity contribution in [3.05, 3.63) is 119 Å². The van der Waals surface area contributed by atoms with Gasteiger partial charge in [0.1, 0.15) is 17.3 Å². The highest BCUT2D eigenvalue weighted by Crippen LogP contribution is 2.25. The van der Waals surface area contributed by atoms with Gasteiger partial charge in [0.2, 0.25) is 10.0 Å². The third-order valence-corrected chi connectivity index (χ3v) is 8.11. The highest BCUT2D eigenvalue weighted by molar-refractivity contribution is 7.92. The summed E-state index contributed by atoms with van der Waals surface area (Å²) < 4.78 is 44.4. The summed E-state index contributed by atoms with van der Waals surface area (Å²) >= 11 is 0. The molecule has 0 radical (unpaired) electrons. The molecule has 4 aromatic rings. The Hall–Kier alpha value is -3.96. The Kier molecular flexibility index (Phi) is 11.6. The Morgan fingerprint density at radius 1 is 0.889 bits per heavy atom. The maximum Gasteiger partial charge on any atom is 0.255 e. The quantitative estimate of drug-likeness (QED) is 0.166. The average molecular weight is 653 g/mol. The minimum absolute atomic E-state index is 0. The van der Waals surface area contributed by atoms with Crippen molar-refractivity contribution in [3.63, 3.8) is 0 Å². The van der Waals surface area contributed by atoms with Crippen LogP contribution < -0.4 is 20.1 Å². The number of likely N-dealkylation sites (tertiary alicyclic amines) is 1. The van der Waals surface area contributed by atoms with Gasteiger partial charge in [0.15, 0.2) is 0 Å². The molecule has 1 aliphatic heterocycles. The van der Waals surface area contributed by atoms with E-state index in [0.29, 0.717) is 41.0 Å². The molecule has 1 fully saturated rings. The van der Waals surface area contributed by atoms with Crippen molar-refractivity contribution in [2.75, 3.05) is 29.4 Å². The number of halogens is 2. The standard InChI is InChI=1S/C34H37FN4O4S.ClH/c1-24-3-6-26(33(21-24)34(40)37-29-9-7-27(35)8-10-29)22-36-28-17-19-39(20-18-28)23-25-4-13-31(14-5-25)43-32-15-11-30(12-16-32)38-44(2,41)42;/h3-16,21,28,36,38H,17-20,22-23H2,1-2H3,(H,37,40);1H. The molecule has 0 atom stereocenters. The van der Waals surface area contributed by atoms with Crippen LogP contribution >= 0.6 is 12.4 Å². The first-order chi connectivity index (χ1) is 21.1. The van der Waals surface area contributed by atoms with Crippen LogP contribution in [0.1, 0.15) is 39.9 Å². The lowest BCUT2D eigenvalue weighted by Crippen LogP contribution is -2.42. The van der Waals surface area contributed by atoms with Gasteiger partial charge in [-0.25, -0.2) is 12.8 Å². The van der Waals surface area contributed by atoms with Crippen molar-refractivity contribution in [1.82, 2.24) is 10.2 Å². The van der Waals surface area contributed by atoms with E-state index >= 15 is 0 Å². The molecule has 4 aromatic carbocycles. The molecular formula is C34H38ClFN4O4S. The summed E-state index contributed by atoms with van der Waals surface area (Å²) in [7, 11) is -3.32. The van der Waals surface area contributed by atoms with Gasteiger partial charge in [0.05, 0.1) is 6.26 Å². The summed E-state index contributed by atoms with van der Waals surface area (Å²) in [6.07, 6.45) is 3.13. The van der Waals surface area contributed by atoms with Crippen molar-refractivity contribution in [2.24, 2.45) is 0 Å². The van der Waals surface area contributed by atoms with Crippen LogP contribution in [0.4, 0.5) is 15.8 Å². The lowest BCUT2D eigenvalue weighted by Gasteiger charge is -2.32. The van der Waals surface area contributed by atoms with Gasteiger partial charge >= 0.3 is 0 Å². The first-order valence-corrected chi connectivity index (χ1v) is 16.5. The molecule has 238 valence electrons. The number of amides is 1. The van der Waals surface area contributed by atoms with E-state index < -0.39 is 10.0 Å². The number of piperidine rings is 1. The SMILES string of the molecule is Cc1ccc(CNC2CCN(Cc3ccc(Oc4ccc(NS(C)(=O)=O)cc4)cc3)CC2)c(C(=O)Nc2ccc(F)cc2)c1.Cl. The molecule has 11 heteroatoms. The third-order valence-electron chi connectivity index (χ3n) is 7.50. The summed E-state index contributed by atoms with van der Waals surface area (Å²) in [6, 6.07) is 26.8. The maximum absolute atomic E-state index is 13.3. The second-order valence-electron chi connectivity index (χ2n) is 11.2. The smallest absolute Gasteiger partial charge is 0.255 e. The number of rotatable bonds is 11. The Bertz CT molecular complexity index is 1680.